The summed E-state index contributed by atoms with van der Waals surface area (Å²) < 4.78 is 1.18. The molecule has 0 aromatic heterocycles. The largest absolute Gasteiger partial charge is 0.330 e. The van der Waals surface area contributed by atoms with Crippen molar-refractivity contribution in [3.8, 4) is 0 Å². The van der Waals surface area contributed by atoms with Gasteiger partial charge in [-0.1, -0.05) is 41.9 Å². The minimum absolute atomic E-state index is 0.177. The first-order valence-electron chi connectivity index (χ1n) is 5.98. The minimum Gasteiger partial charge on any atom is -0.330 e. The van der Waals surface area contributed by atoms with Gasteiger partial charge in [-0.25, -0.2) is 0 Å². The fourth-order valence-electron chi connectivity index (χ4n) is 1.90. The van der Waals surface area contributed by atoms with Crippen LogP contribution in [0.4, 0.5) is 0 Å². The summed E-state index contributed by atoms with van der Waals surface area (Å²) in [5.41, 5.74) is 8.54. The van der Waals surface area contributed by atoms with Crippen LogP contribution in [0.5, 0.6) is 0 Å². The molecule has 17 heavy (non-hydrogen) atoms. The second-order valence-electron chi connectivity index (χ2n) is 5.62. The third kappa shape index (κ3) is 4.78. The van der Waals surface area contributed by atoms with Crippen molar-refractivity contribution in [3.05, 3.63) is 33.8 Å². The minimum atomic E-state index is 0.177. The van der Waals surface area contributed by atoms with E-state index in [1.807, 2.05) is 0 Å². The molecule has 3 heteroatoms. The molecule has 2 N–H and O–H groups in total. The van der Waals surface area contributed by atoms with Crippen LogP contribution < -0.4 is 5.73 Å². The maximum Gasteiger partial charge on any atom is 0.0231 e. The van der Waals surface area contributed by atoms with E-state index < -0.39 is 0 Å². The van der Waals surface area contributed by atoms with E-state index in [-0.39, 0.29) is 5.41 Å². The molecule has 0 atom stereocenters. The van der Waals surface area contributed by atoms with Crippen molar-refractivity contribution in [1.82, 2.24) is 4.90 Å². The molecule has 2 nitrogen and oxygen atoms in total. The summed E-state index contributed by atoms with van der Waals surface area (Å²) in [6.45, 7) is 9.20. The summed E-state index contributed by atoms with van der Waals surface area (Å²) in [6, 6.07) is 6.54. The Hall–Kier alpha value is -0.380. The van der Waals surface area contributed by atoms with Gasteiger partial charge in [-0.2, -0.15) is 0 Å². The lowest BCUT2D eigenvalue weighted by Gasteiger charge is -2.29. The van der Waals surface area contributed by atoms with Crippen molar-refractivity contribution >= 4 is 15.9 Å². The zero-order valence-electron chi connectivity index (χ0n) is 11.3. The number of hydrogen-bond acceptors (Lipinski definition) is 2. The van der Waals surface area contributed by atoms with E-state index >= 15 is 0 Å². The molecule has 0 saturated carbocycles. The van der Waals surface area contributed by atoms with E-state index in [2.05, 4.69) is 66.8 Å². The topological polar surface area (TPSA) is 29.3 Å². The van der Waals surface area contributed by atoms with Gasteiger partial charge in [0.1, 0.15) is 0 Å². The molecule has 0 heterocycles. The Kier molecular flexibility index (Phi) is 5.17. The summed E-state index contributed by atoms with van der Waals surface area (Å²) >= 11 is 3.57. The van der Waals surface area contributed by atoms with Crippen molar-refractivity contribution in [2.24, 2.45) is 11.1 Å². The van der Waals surface area contributed by atoms with Gasteiger partial charge in [0.05, 0.1) is 0 Å². The molecule has 0 aliphatic heterocycles. The van der Waals surface area contributed by atoms with E-state index in [9.17, 15) is 0 Å². The summed E-state index contributed by atoms with van der Waals surface area (Å²) in [6.07, 6.45) is 0. The normalized spacial score (nSPS) is 12.2. The molecular weight excluding hydrogens is 276 g/mol. The highest BCUT2D eigenvalue weighted by atomic mass is 79.9. The average molecular weight is 299 g/mol. The number of hydrogen-bond donors (Lipinski definition) is 1. The standard InChI is InChI=1S/C14H23BrN2/c1-11-5-6-12(7-13(11)15)8-17(4)10-14(2,3)9-16/h5-7H,8-10,16H2,1-4H3. The van der Waals surface area contributed by atoms with Crippen LogP contribution in [-0.4, -0.2) is 25.0 Å². The Morgan fingerprint density at radius 3 is 2.53 bits per heavy atom. The molecule has 0 aliphatic rings. The van der Waals surface area contributed by atoms with Gasteiger partial charge in [-0.15, -0.1) is 0 Å². The van der Waals surface area contributed by atoms with Crippen molar-refractivity contribution in [2.75, 3.05) is 20.1 Å². The zero-order chi connectivity index (χ0) is 13.1. The van der Waals surface area contributed by atoms with Crippen molar-refractivity contribution in [2.45, 2.75) is 27.3 Å². The molecule has 0 radical (unpaired) electrons. The molecule has 0 unspecified atom stereocenters. The Bertz CT molecular complexity index is 374. The first-order chi connectivity index (χ1) is 7.84. The summed E-state index contributed by atoms with van der Waals surface area (Å²) in [4.78, 5) is 2.32. The van der Waals surface area contributed by atoms with Crippen molar-refractivity contribution < 1.29 is 0 Å². The van der Waals surface area contributed by atoms with Crippen LogP contribution in [0.3, 0.4) is 0 Å². The molecule has 0 aliphatic carbocycles. The number of halogens is 1. The molecule has 0 spiro atoms. The van der Waals surface area contributed by atoms with Gasteiger partial charge in [0.25, 0.3) is 0 Å². The third-order valence-corrected chi connectivity index (χ3v) is 3.79. The highest BCUT2D eigenvalue weighted by Crippen LogP contribution is 2.20. The predicted molar refractivity (Wildman–Crippen MR) is 78.0 cm³/mol. The first-order valence-corrected chi connectivity index (χ1v) is 6.77. The summed E-state index contributed by atoms with van der Waals surface area (Å²) in [5.74, 6) is 0. The number of nitrogens with two attached hydrogens (primary N) is 1. The SMILES string of the molecule is Cc1ccc(CN(C)CC(C)(C)CN)cc1Br. The van der Waals surface area contributed by atoms with Crippen LogP contribution in [0.25, 0.3) is 0 Å². The smallest absolute Gasteiger partial charge is 0.0231 e. The first kappa shape index (κ1) is 14.7. The van der Waals surface area contributed by atoms with Gasteiger partial charge in [0.2, 0.25) is 0 Å². The molecule has 1 aromatic carbocycles. The molecule has 1 aromatic rings. The van der Waals surface area contributed by atoms with Crippen LogP contribution in [0, 0.1) is 12.3 Å². The van der Waals surface area contributed by atoms with Crippen LogP contribution in [-0.2, 0) is 6.54 Å². The Morgan fingerprint density at radius 1 is 1.35 bits per heavy atom. The summed E-state index contributed by atoms with van der Waals surface area (Å²) in [5, 5.41) is 0. The van der Waals surface area contributed by atoms with Crippen molar-refractivity contribution in [3.63, 3.8) is 0 Å². The van der Waals surface area contributed by atoms with Gasteiger partial charge >= 0.3 is 0 Å². The maximum atomic E-state index is 5.76. The molecule has 0 saturated heterocycles. The van der Waals surface area contributed by atoms with E-state index in [0.29, 0.717) is 0 Å². The molecule has 96 valence electrons. The van der Waals surface area contributed by atoms with Crippen molar-refractivity contribution in [1.29, 1.82) is 0 Å². The number of benzene rings is 1. The average Bonchev–Trinajstić information content (AvgIpc) is 2.23. The molecule has 0 amide bonds. The Morgan fingerprint density at radius 2 is 2.00 bits per heavy atom. The lowest BCUT2D eigenvalue weighted by Crippen LogP contribution is -2.36. The third-order valence-electron chi connectivity index (χ3n) is 2.94. The van der Waals surface area contributed by atoms with Gasteiger partial charge in [0, 0.05) is 17.6 Å². The highest BCUT2D eigenvalue weighted by Gasteiger charge is 2.18. The lowest BCUT2D eigenvalue weighted by molar-refractivity contribution is 0.210. The second-order valence-corrected chi connectivity index (χ2v) is 6.48. The van der Waals surface area contributed by atoms with E-state index in [1.165, 1.54) is 15.6 Å². The fourth-order valence-corrected chi connectivity index (χ4v) is 2.32. The monoisotopic (exact) mass is 298 g/mol. The van der Waals surface area contributed by atoms with Gasteiger partial charge < -0.3 is 10.6 Å². The van der Waals surface area contributed by atoms with Crippen LogP contribution in [0.15, 0.2) is 22.7 Å². The Balaban J connectivity index is 2.62. The van der Waals surface area contributed by atoms with Crippen LogP contribution in [0.1, 0.15) is 25.0 Å². The van der Waals surface area contributed by atoms with E-state index in [4.69, 9.17) is 5.73 Å². The van der Waals surface area contributed by atoms with Gasteiger partial charge in [0.15, 0.2) is 0 Å². The highest BCUT2D eigenvalue weighted by molar-refractivity contribution is 9.10. The van der Waals surface area contributed by atoms with Gasteiger partial charge in [-0.3, -0.25) is 0 Å². The predicted octanol–water partition coefficient (Wildman–Crippen LogP) is 3.17. The molecule has 0 fully saturated rings. The molecule has 1 rings (SSSR count). The fraction of sp³-hybridized carbons (Fsp3) is 0.571. The van der Waals surface area contributed by atoms with Crippen LogP contribution >= 0.6 is 15.9 Å². The summed E-state index contributed by atoms with van der Waals surface area (Å²) in [7, 11) is 2.14. The Labute approximate surface area is 113 Å². The number of rotatable bonds is 5. The lowest BCUT2D eigenvalue weighted by atomic mass is 9.93. The van der Waals surface area contributed by atoms with E-state index in [1.54, 1.807) is 0 Å². The quantitative estimate of drug-likeness (QED) is 0.905. The second kappa shape index (κ2) is 5.98. The molecule has 0 bridgehead atoms. The van der Waals surface area contributed by atoms with Gasteiger partial charge in [-0.05, 0) is 43.1 Å². The maximum absolute atomic E-state index is 5.76. The molecular formula is C14H23BrN2. The van der Waals surface area contributed by atoms with Crippen LogP contribution in [0.2, 0.25) is 0 Å². The number of nitrogens with zero attached hydrogens (tertiary/aromatic N) is 1. The van der Waals surface area contributed by atoms with E-state index in [0.717, 1.165) is 19.6 Å². The zero-order valence-corrected chi connectivity index (χ0v) is 12.8. The number of aryl methyl sites for hydroxylation is 1.